The summed E-state index contributed by atoms with van der Waals surface area (Å²) < 4.78 is 10.7. The van der Waals surface area contributed by atoms with Crippen molar-refractivity contribution >= 4 is 5.91 Å². The maximum Gasteiger partial charge on any atom is 0.263 e. The lowest BCUT2D eigenvalue weighted by Gasteiger charge is -2.25. The fourth-order valence-electron chi connectivity index (χ4n) is 2.11. The number of amides is 1. The van der Waals surface area contributed by atoms with Crippen LogP contribution in [-0.4, -0.2) is 48.3 Å². The molecular weight excluding hydrogens is 258 g/mol. The second kappa shape index (κ2) is 6.61. The van der Waals surface area contributed by atoms with Gasteiger partial charge in [0.2, 0.25) is 0 Å². The summed E-state index contributed by atoms with van der Waals surface area (Å²) in [6, 6.07) is 7.40. The average molecular weight is 279 g/mol. The Kier molecular flexibility index (Phi) is 4.84. The third-order valence-electron chi connectivity index (χ3n) is 3.33. The summed E-state index contributed by atoms with van der Waals surface area (Å²) in [6.07, 6.45) is 1.47. The molecule has 0 saturated heterocycles. The second-order valence-electron chi connectivity index (χ2n) is 4.92. The van der Waals surface area contributed by atoms with Crippen molar-refractivity contribution in [1.82, 2.24) is 4.90 Å². The third-order valence-corrected chi connectivity index (χ3v) is 3.33. The summed E-state index contributed by atoms with van der Waals surface area (Å²) in [5.41, 5.74) is 0. The van der Waals surface area contributed by atoms with Crippen LogP contribution in [-0.2, 0) is 4.79 Å². The van der Waals surface area contributed by atoms with Crippen LogP contribution in [0.2, 0.25) is 0 Å². The molecule has 20 heavy (non-hydrogen) atoms. The Morgan fingerprint density at radius 3 is 2.45 bits per heavy atom. The second-order valence-corrected chi connectivity index (χ2v) is 4.92. The van der Waals surface area contributed by atoms with Crippen LogP contribution in [0.25, 0.3) is 0 Å². The van der Waals surface area contributed by atoms with E-state index in [2.05, 4.69) is 0 Å². The summed E-state index contributed by atoms with van der Waals surface area (Å²) >= 11 is 0. The van der Waals surface area contributed by atoms with Crippen LogP contribution < -0.4 is 9.47 Å². The highest BCUT2D eigenvalue weighted by Gasteiger charge is 2.34. The van der Waals surface area contributed by atoms with Gasteiger partial charge in [0.05, 0.1) is 13.7 Å². The molecule has 0 aliphatic heterocycles. The van der Waals surface area contributed by atoms with Crippen LogP contribution in [0.3, 0.4) is 0 Å². The number of aliphatic hydroxyl groups is 1. The number of benzene rings is 1. The molecule has 1 aromatic rings. The monoisotopic (exact) mass is 279 g/mol. The number of ether oxygens (including phenoxy) is 2. The number of hydrogen-bond donors (Lipinski definition) is 1. The minimum Gasteiger partial charge on any atom is -0.497 e. The van der Waals surface area contributed by atoms with Gasteiger partial charge >= 0.3 is 0 Å². The summed E-state index contributed by atoms with van der Waals surface area (Å²) in [6.45, 7) is 2.09. The largest absolute Gasteiger partial charge is 0.497 e. The lowest BCUT2D eigenvalue weighted by atomic mass is 10.3. The van der Waals surface area contributed by atoms with Crippen molar-refractivity contribution in [2.75, 3.05) is 20.3 Å². The van der Waals surface area contributed by atoms with E-state index >= 15 is 0 Å². The van der Waals surface area contributed by atoms with Gasteiger partial charge in [-0.25, -0.2) is 0 Å². The van der Waals surface area contributed by atoms with Gasteiger partial charge in [0, 0.05) is 12.6 Å². The fourth-order valence-corrected chi connectivity index (χ4v) is 2.11. The highest BCUT2D eigenvalue weighted by Crippen LogP contribution is 2.27. The first-order valence-corrected chi connectivity index (χ1v) is 6.87. The molecule has 0 aromatic heterocycles. The predicted molar refractivity (Wildman–Crippen MR) is 74.9 cm³/mol. The van der Waals surface area contributed by atoms with Crippen molar-refractivity contribution in [3.63, 3.8) is 0 Å². The van der Waals surface area contributed by atoms with Gasteiger partial charge in [-0.2, -0.15) is 0 Å². The van der Waals surface area contributed by atoms with E-state index in [9.17, 15) is 4.79 Å². The maximum atomic E-state index is 12.3. The van der Waals surface area contributed by atoms with Gasteiger partial charge in [-0.3, -0.25) is 4.79 Å². The molecule has 5 heteroatoms. The maximum absolute atomic E-state index is 12.3. The Balaban J connectivity index is 1.94. The van der Waals surface area contributed by atoms with Crippen LogP contribution in [0.1, 0.15) is 19.8 Å². The SMILES string of the molecule is COc1ccc(OC(C)C(=O)N(CCO)C2CC2)cc1. The number of methoxy groups -OCH3 is 1. The van der Waals surface area contributed by atoms with E-state index in [0.717, 1.165) is 18.6 Å². The molecule has 1 amide bonds. The summed E-state index contributed by atoms with van der Waals surface area (Å²) in [5, 5.41) is 9.04. The van der Waals surface area contributed by atoms with E-state index < -0.39 is 6.10 Å². The van der Waals surface area contributed by atoms with Crippen LogP contribution in [0.15, 0.2) is 24.3 Å². The Labute approximate surface area is 119 Å². The van der Waals surface area contributed by atoms with Crippen LogP contribution in [0, 0.1) is 0 Å². The molecule has 2 rings (SSSR count). The molecule has 0 radical (unpaired) electrons. The zero-order valence-electron chi connectivity index (χ0n) is 11.9. The molecule has 1 aliphatic carbocycles. The topological polar surface area (TPSA) is 59.0 Å². The lowest BCUT2D eigenvalue weighted by molar-refractivity contribution is -0.139. The first-order valence-electron chi connectivity index (χ1n) is 6.87. The van der Waals surface area contributed by atoms with Gasteiger partial charge in [0.25, 0.3) is 5.91 Å². The van der Waals surface area contributed by atoms with Crippen molar-refractivity contribution in [3.8, 4) is 11.5 Å². The smallest absolute Gasteiger partial charge is 0.263 e. The molecule has 1 unspecified atom stereocenters. The van der Waals surface area contributed by atoms with Crippen molar-refractivity contribution in [2.24, 2.45) is 0 Å². The molecule has 0 bridgehead atoms. The molecule has 1 aliphatic rings. The molecule has 1 fully saturated rings. The Morgan fingerprint density at radius 1 is 1.35 bits per heavy atom. The third kappa shape index (κ3) is 3.63. The molecule has 0 heterocycles. The van der Waals surface area contributed by atoms with Gasteiger partial charge in [-0.05, 0) is 44.0 Å². The molecule has 1 saturated carbocycles. The fraction of sp³-hybridized carbons (Fsp3) is 0.533. The average Bonchev–Trinajstić information content (AvgIpc) is 3.29. The first-order chi connectivity index (χ1) is 9.65. The standard InChI is InChI=1S/C15H21NO4/c1-11(15(18)16(9-10-17)12-3-4-12)20-14-7-5-13(19-2)6-8-14/h5-8,11-12,17H,3-4,9-10H2,1-2H3. The molecule has 1 aromatic carbocycles. The number of hydrogen-bond acceptors (Lipinski definition) is 4. The number of carbonyl (C=O) groups excluding carboxylic acids is 1. The molecule has 1 N–H and O–H groups in total. The van der Waals surface area contributed by atoms with Gasteiger partial charge in [0.15, 0.2) is 6.10 Å². The highest BCUT2D eigenvalue weighted by atomic mass is 16.5. The Hall–Kier alpha value is -1.75. The summed E-state index contributed by atoms with van der Waals surface area (Å²) in [5.74, 6) is 1.31. The lowest BCUT2D eigenvalue weighted by Crippen LogP contribution is -2.43. The summed E-state index contributed by atoms with van der Waals surface area (Å²) in [4.78, 5) is 14.0. The Morgan fingerprint density at radius 2 is 1.95 bits per heavy atom. The van der Waals surface area contributed by atoms with Crippen molar-refractivity contribution in [1.29, 1.82) is 0 Å². The van der Waals surface area contributed by atoms with E-state index in [1.807, 2.05) is 0 Å². The minimum absolute atomic E-state index is 0.0164. The van der Waals surface area contributed by atoms with Crippen molar-refractivity contribution in [3.05, 3.63) is 24.3 Å². The number of carbonyl (C=O) groups is 1. The van der Waals surface area contributed by atoms with E-state index in [4.69, 9.17) is 14.6 Å². The molecular formula is C15H21NO4. The van der Waals surface area contributed by atoms with Gasteiger partial charge in [-0.1, -0.05) is 0 Å². The predicted octanol–water partition coefficient (Wildman–Crippen LogP) is 1.45. The zero-order valence-corrected chi connectivity index (χ0v) is 11.9. The quantitative estimate of drug-likeness (QED) is 0.820. The van der Waals surface area contributed by atoms with Crippen molar-refractivity contribution in [2.45, 2.75) is 31.9 Å². The van der Waals surface area contributed by atoms with Crippen LogP contribution >= 0.6 is 0 Å². The van der Waals surface area contributed by atoms with Crippen LogP contribution in [0.5, 0.6) is 11.5 Å². The van der Waals surface area contributed by atoms with Crippen molar-refractivity contribution < 1.29 is 19.4 Å². The molecule has 0 spiro atoms. The van der Waals surface area contributed by atoms with E-state index in [0.29, 0.717) is 12.3 Å². The normalized spacial score (nSPS) is 15.6. The van der Waals surface area contributed by atoms with E-state index in [1.54, 1.807) is 43.2 Å². The Bertz CT molecular complexity index is 442. The molecule has 1 atom stereocenters. The molecule has 5 nitrogen and oxygen atoms in total. The van der Waals surface area contributed by atoms with E-state index in [-0.39, 0.29) is 18.6 Å². The van der Waals surface area contributed by atoms with Gasteiger partial charge < -0.3 is 19.5 Å². The minimum atomic E-state index is -0.560. The number of rotatable bonds is 7. The number of nitrogens with zero attached hydrogens (tertiary/aromatic N) is 1. The summed E-state index contributed by atoms with van der Waals surface area (Å²) in [7, 11) is 1.60. The zero-order chi connectivity index (χ0) is 14.5. The highest BCUT2D eigenvalue weighted by molar-refractivity contribution is 5.81. The van der Waals surface area contributed by atoms with Crippen LogP contribution in [0.4, 0.5) is 0 Å². The van der Waals surface area contributed by atoms with Gasteiger partial charge in [-0.15, -0.1) is 0 Å². The van der Waals surface area contributed by atoms with E-state index in [1.165, 1.54) is 0 Å². The first kappa shape index (κ1) is 14.7. The molecule has 110 valence electrons. The number of aliphatic hydroxyl groups excluding tert-OH is 1. The van der Waals surface area contributed by atoms with Gasteiger partial charge in [0.1, 0.15) is 11.5 Å².